The van der Waals surface area contributed by atoms with E-state index in [0.717, 1.165) is 0 Å². The van der Waals surface area contributed by atoms with E-state index in [1.807, 2.05) is 0 Å². The van der Waals surface area contributed by atoms with Gasteiger partial charge < -0.3 is 19.1 Å². The highest BCUT2D eigenvalue weighted by Gasteiger charge is 2.32. The summed E-state index contributed by atoms with van der Waals surface area (Å²) in [6.45, 7) is 2.12. The Kier molecular flexibility index (Phi) is 4.52. The Morgan fingerprint density at radius 2 is 2.25 bits per heavy atom. The third kappa shape index (κ3) is 3.31. The normalized spacial score (nSPS) is 16.3. The molecular weight excluding hydrogens is 369 g/mol. The van der Waals surface area contributed by atoms with Crippen LogP contribution in [0.3, 0.4) is 0 Å². The molecule has 28 heavy (non-hydrogen) atoms. The second kappa shape index (κ2) is 7.14. The van der Waals surface area contributed by atoms with Gasteiger partial charge in [0.15, 0.2) is 0 Å². The molecule has 0 spiro atoms. The van der Waals surface area contributed by atoms with Gasteiger partial charge in [0.05, 0.1) is 24.5 Å². The van der Waals surface area contributed by atoms with E-state index in [1.165, 1.54) is 11.0 Å². The molecule has 1 aromatic carbocycles. The van der Waals surface area contributed by atoms with Crippen molar-refractivity contribution in [1.29, 1.82) is 0 Å². The molecule has 2 aromatic heterocycles. The van der Waals surface area contributed by atoms with Crippen LogP contribution in [-0.2, 0) is 9.53 Å². The number of aryl methyl sites for hydroxylation is 1. The number of carbonyl (C=O) groups is 2. The first kappa shape index (κ1) is 17.7. The molecule has 1 saturated heterocycles. The lowest BCUT2D eigenvalue weighted by molar-refractivity contribution is -0.109. The Labute approximate surface area is 158 Å². The second-order valence-electron chi connectivity index (χ2n) is 6.22. The lowest BCUT2D eigenvalue weighted by Gasteiger charge is -2.14. The minimum absolute atomic E-state index is 0.202. The topological polar surface area (TPSA) is 102 Å². The minimum Gasteiger partial charge on any atom is -0.442 e. The lowest BCUT2D eigenvalue weighted by atomic mass is 10.2. The van der Waals surface area contributed by atoms with Crippen molar-refractivity contribution in [3.8, 4) is 17.1 Å². The van der Waals surface area contributed by atoms with Crippen molar-refractivity contribution >= 4 is 18.2 Å². The van der Waals surface area contributed by atoms with Crippen LogP contribution in [0.25, 0.3) is 17.1 Å². The molecule has 0 bridgehead atoms. The Hall–Kier alpha value is -3.69. The quantitative estimate of drug-likeness (QED) is 0.652. The molecule has 1 aliphatic rings. The van der Waals surface area contributed by atoms with E-state index in [9.17, 15) is 14.0 Å². The van der Waals surface area contributed by atoms with E-state index in [2.05, 4.69) is 15.5 Å². The summed E-state index contributed by atoms with van der Waals surface area (Å²) >= 11 is 0. The van der Waals surface area contributed by atoms with Gasteiger partial charge in [0.25, 0.3) is 0 Å². The molecule has 0 radical (unpaired) electrons. The van der Waals surface area contributed by atoms with Gasteiger partial charge in [-0.25, -0.2) is 9.18 Å². The smallest absolute Gasteiger partial charge is 0.414 e. The van der Waals surface area contributed by atoms with Crippen LogP contribution in [-0.4, -0.2) is 46.4 Å². The molecule has 4 rings (SSSR count). The summed E-state index contributed by atoms with van der Waals surface area (Å²) < 4.78 is 26.4. The fraction of sp³-hybridized carbons (Fsp3) is 0.222. The summed E-state index contributed by atoms with van der Waals surface area (Å²) in [5.74, 6) is 0.353. The molecule has 1 aliphatic heterocycles. The molecule has 144 valence electrons. The SMILES string of the molecule is Cc1nc(-c2ccn(-c3ccc(N4C[C@H](CNC=O)OC4=O)cc3F)c2)no1. The molecule has 3 aromatic rings. The van der Waals surface area contributed by atoms with E-state index >= 15 is 0 Å². The van der Waals surface area contributed by atoms with Gasteiger partial charge in [-0.2, -0.15) is 4.98 Å². The van der Waals surface area contributed by atoms with Crippen LogP contribution in [0, 0.1) is 12.7 Å². The average molecular weight is 385 g/mol. The summed E-state index contributed by atoms with van der Waals surface area (Å²) in [6.07, 6.45) is 2.84. The number of nitrogens with one attached hydrogen (secondary N) is 1. The zero-order valence-electron chi connectivity index (χ0n) is 14.8. The second-order valence-corrected chi connectivity index (χ2v) is 6.22. The van der Waals surface area contributed by atoms with E-state index in [-0.39, 0.29) is 13.1 Å². The highest BCUT2D eigenvalue weighted by atomic mass is 19.1. The first-order valence-corrected chi connectivity index (χ1v) is 8.49. The van der Waals surface area contributed by atoms with Gasteiger partial charge in [-0.3, -0.25) is 9.69 Å². The van der Waals surface area contributed by atoms with Crippen molar-refractivity contribution in [2.45, 2.75) is 13.0 Å². The van der Waals surface area contributed by atoms with Crippen molar-refractivity contribution in [2.75, 3.05) is 18.0 Å². The van der Waals surface area contributed by atoms with Crippen LogP contribution in [0.2, 0.25) is 0 Å². The fourth-order valence-corrected chi connectivity index (χ4v) is 2.99. The number of halogens is 1. The van der Waals surface area contributed by atoms with Crippen LogP contribution in [0.4, 0.5) is 14.9 Å². The van der Waals surface area contributed by atoms with Crippen LogP contribution in [0.5, 0.6) is 0 Å². The predicted octanol–water partition coefficient (Wildman–Crippen LogP) is 2.05. The Morgan fingerprint density at radius 1 is 1.39 bits per heavy atom. The number of hydrogen-bond acceptors (Lipinski definition) is 6. The van der Waals surface area contributed by atoms with Gasteiger partial charge in [-0.1, -0.05) is 5.16 Å². The number of amides is 2. The predicted molar refractivity (Wildman–Crippen MR) is 95.4 cm³/mol. The number of aromatic nitrogens is 3. The van der Waals surface area contributed by atoms with E-state index < -0.39 is 18.0 Å². The van der Waals surface area contributed by atoms with Crippen molar-refractivity contribution in [3.63, 3.8) is 0 Å². The number of ether oxygens (including phenoxy) is 1. The molecule has 9 nitrogen and oxygen atoms in total. The van der Waals surface area contributed by atoms with Crippen molar-refractivity contribution in [2.24, 2.45) is 0 Å². The van der Waals surface area contributed by atoms with E-state index in [0.29, 0.717) is 35.1 Å². The fourth-order valence-electron chi connectivity index (χ4n) is 2.99. The zero-order chi connectivity index (χ0) is 19.7. The number of carbonyl (C=O) groups excluding carboxylic acids is 2. The number of benzene rings is 1. The van der Waals surface area contributed by atoms with Crippen LogP contribution < -0.4 is 10.2 Å². The Bertz CT molecular complexity index is 1030. The Balaban J connectivity index is 1.55. The zero-order valence-corrected chi connectivity index (χ0v) is 14.8. The monoisotopic (exact) mass is 385 g/mol. The average Bonchev–Trinajstić information content (AvgIpc) is 3.39. The van der Waals surface area contributed by atoms with Crippen molar-refractivity contribution < 1.29 is 23.2 Å². The summed E-state index contributed by atoms with van der Waals surface area (Å²) in [6, 6.07) is 6.22. The summed E-state index contributed by atoms with van der Waals surface area (Å²) in [5, 5.41) is 6.30. The molecule has 3 heterocycles. The molecule has 2 amide bonds. The molecule has 0 aliphatic carbocycles. The highest BCUT2D eigenvalue weighted by molar-refractivity contribution is 5.90. The number of nitrogens with zero attached hydrogens (tertiary/aromatic N) is 4. The largest absolute Gasteiger partial charge is 0.442 e. The molecule has 0 saturated carbocycles. The van der Waals surface area contributed by atoms with Crippen LogP contribution in [0.15, 0.2) is 41.2 Å². The number of cyclic esters (lactones) is 1. The maximum atomic E-state index is 14.7. The third-order valence-electron chi connectivity index (χ3n) is 4.30. The molecule has 1 fully saturated rings. The number of hydrogen-bond donors (Lipinski definition) is 1. The van der Waals surface area contributed by atoms with Crippen LogP contribution >= 0.6 is 0 Å². The van der Waals surface area contributed by atoms with Gasteiger partial charge in [-0.05, 0) is 24.3 Å². The van der Waals surface area contributed by atoms with Gasteiger partial charge >= 0.3 is 6.09 Å². The van der Waals surface area contributed by atoms with Crippen molar-refractivity contribution in [3.05, 3.63) is 48.4 Å². The summed E-state index contributed by atoms with van der Waals surface area (Å²) in [5.41, 5.74) is 1.37. The van der Waals surface area contributed by atoms with E-state index in [1.54, 1.807) is 42.1 Å². The molecule has 0 unspecified atom stereocenters. The number of anilines is 1. The highest BCUT2D eigenvalue weighted by Crippen LogP contribution is 2.27. The maximum Gasteiger partial charge on any atom is 0.414 e. The molecule has 1 atom stereocenters. The Morgan fingerprint density at radius 3 is 2.96 bits per heavy atom. The third-order valence-corrected chi connectivity index (χ3v) is 4.30. The van der Waals surface area contributed by atoms with Gasteiger partial charge in [0.2, 0.25) is 18.1 Å². The maximum absolute atomic E-state index is 14.7. The molecule has 1 N–H and O–H groups in total. The van der Waals surface area contributed by atoms with Gasteiger partial charge in [0.1, 0.15) is 11.9 Å². The summed E-state index contributed by atoms with van der Waals surface area (Å²) in [4.78, 5) is 27.9. The first-order chi connectivity index (χ1) is 13.5. The number of rotatable bonds is 6. The molecule has 10 heteroatoms. The lowest BCUT2D eigenvalue weighted by Crippen LogP contribution is -2.30. The summed E-state index contributed by atoms with van der Waals surface area (Å²) in [7, 11) is 0. The van der Waals surface area contributed by atoms with Crippen LogP contribution in [0.1, 0.15) is 5.89 Å². The minimum atomic E-state index is -0.583. The van der Waals surface area contributed by atoms with Gasteiger partial charge in [0, 0.05) is 24.9 Å². The first-order valence-electron chi connectivity index (χ1n) is 8.49. The molecular formula is C18H16FN5O4. The standard InChI is InChI=1S/C18H16FN5O4/c1-11-21-17(22-28-11)12-4-5-23(8-12)16-3-2-13(6-15(16)19)24-9-14(7-20-10-25)27-18(24)26/h2-6,8,10,14H,7,9H2,1H3,(H,20,25)/t14-/m0/s1. The van der Waals surface area contributed by atoms with E-state index in [4.69, 9.17) is 9.26 Å². The van der Waals surface area contributed by atoms with Gasteiger partial charge in [-0.15, -0.1) is 0 Å². The van der Waals surface area contributed by atoms with Crippen molar-refractivity contribution in [1.82, 2.24) is 20.0 Å².